The van der Waals surface area contributed by atoms with Crippen LogP contribution in [0.4, 0.5) is 0 Å². The summed E-state index contributed by atoms with van der Waals surface area (Å²) >= 11 is 3.45. The van der Waals surface area contributed by atoms with Gasteiger partial charge in [-0.3, -0.25) is 10.2 Å². The summed E-state index contributed by atoms with van der Waals surface area (Å²) in [6, 6.07) is 28.3. The van der Waals surface area contributed by atoms with Crippen LogP contribution in [0.15, 0.2) is 113 Å². The molecule has 6 heteroatoms. The third kappa shape index (κ3) is 4.06. The van der Waals surface area contributed by atoms with Gasteiger partial charge in [-0.2, -0.15) is 0 Å². The van der Waals surface area contributed by atoms with Crippen molar-refractivity contribution in [2.45, 2.75) is 25.3 Å². The zero-order valence-corrected chi connectivity index (χ0v) is 22.3. The fourth-order valence-electron chi connectivity index (χ4n) is 5.53. The number of hydrogen-bond acceptors (Lipinski definition) is 5. The van der Waals surface area contributed by atoms with Crippen LogP contribution < -0.4 is 5.43 Å². The molecule has 1 atom stereocenters. The number of thiophene rings is 2. The van der Waals surface area contributed by atoms with E-state index in [9.17, 15) is 4.79 Å². The highest BCUT2D eigenvalue weighted by Crippen LogP contribution is 2.46. The van der Waals surface area contributed by atoms with Crippen LogP contribution >= 0.6 is 22.7 Å². The molecule has 1 amide bonds. The largest absolute Gasteiger partial charge is 0.295 e. The fraction of sp³-hybridized carbons (Fsp3) is 0.125. The first-order valence-corrected chi connectivity index (χ1v) is 14.6. The normalized spacial score (nSPS) is 18.2. The van der Waals surface area contributed by atoms with E-state index < -0.39 is 0 Å². The molecule has 4 heterocycles. The number of allylic oxidation sites excluding steroid dienone is 1. The lowest BCUT2D eigenvalue weighted by molar-refractivity contribution is 0.0661. The summed E-state index contributed by atoms with van der Waals surface area (Å²) in [6.45, 7) is 0. The topological polar surface area (TPSA) is 45.2 Å². The average molecular weight is 532 g/mol. The minimum atomic E-state index is -0.128. The van der Waals surface area contributed by atoms with Crippen LogP contribution in [-0.4, -0.2) is 15.9 Å². The Labute approximate surface area is 229 Å². The van der Waals surface area contributed by atoms with Crippen LogP contribution in [-0.2, 0) is 0 Å². The third-order valence-corrected chi connectivity index (χ3v) is 9.01. The Morgan fingerprint density at radius 3 is 2.55 bits per heavy atom. The number of benzene rings is 2. The summed E-state index contributed by atoms with van der Waals surface area (Å²) < 4.78 is 0. The molecular formula is C32H25N3OS2. The van der Waals surface area contributed by atoms with Crippen molar-refractivity contribution in [1.82, 2.24) is 15.4 Å². The van der Waals surface area contributed by atoms with Gasteiger partial charge in [-0.1, -0.05) is 60.7 Å². The van der Waals surface area contributed by atoms with Gasteiger partial charge in [0, 0.05) is 20.7 Å². The number of rotatable bonds is 4. The van der Waals surface area contributed by atoms with Gasteiger partial charge < -0.3 is 0 Å². The number of hydrazine groups is 1. The lowest BCUT2D eigenvalue weighted by Crippen LogP contribution is -2.40. The van der Waals surface area contributed by atoms with Crippen LogP contribution in [0.25, 0.3) is 28.2 Å². The highest BCUT2D eigenvalue weighted by atomic mass is 32.1. The van der Waals surface area contributed by atoms with Gasteiger partial charge in [0.25, 0.3) is 5.91 Å². The van der Waals surface area contributed by atoms with Crippen LogP contribution in [0, 0.1) is 0 Å². The number of aromatic nitrogens is 1. The Hall–Kier alpha value is -4.00. The number of carbonyl (C=O) groups is 1. The SMILES string of the molecule is O=C(c1cc(-c2ccccc2)nc2ccccc12)N1NC2=C(CCC/C2=C\c2cccs2)[C@H]1c1cccs1. The highest BCUT2D eigenvalue weighted by molar-refractivity contribution is 7.10. The molecule has 1 aliphatic carbocycles. The van der Waals surface area contributed by atoms with Crippen LogP contribution in [0.3, 0.4) is 0 Å². The third-order valence-electron chi connectivity index (χ3n) is 7.26. The van der Waals surface area contributed by atoms with E-state index in [1.165, 1.54) is 20.9 Å². The average Bonchev–Trinajstić information content (AvgIpc) is 3.74. The summed E-state index contributed by atoms with van der Waals surface area (Å²) in [6.07, 6.45) is 5.33. The van der Waals surface area contributed by atoms with Crippen LogP contribution in [0.1, 0.15) is 45.4 Å². The first-order valence-electron chi connectivity index (χ1n) is 12.8. The first kappa shape index (κ1) is 23.1. The summed E-state index contributed by atoms with van der Waals surface area (Å²) in [5.74, 6) is -0.0379. The Morgan fingerprint density at radius 1 is 0.921 bits per heavy atom. The molecule has 0 saturated carbocycles. The Balaban J connectivity index is 1.35. The van der Waals surface area contributed by atoms with Crippen molar-refractivity contribution < 1.29 is 4.79 Å². The molecule has 5 aromatic rings. The zero-order chi connectivity index (χ0) is 25.5. The molecule has 1 aliphatic heterocycles. The van der Waals surface area contributed by atoms with Crippen molar-refractivity contribution >= 4 is 45.6 Å². The second-order valence-corrected chi connectivity index (χ2v) is 11.5. The van der Waals surface area contributed by atoms with E-state index in [1.807, 2.05) is 65.7 Å². The molecule has 2 aromatic carbocycles. The maximum atomic E-state index is 14.5. The van der Waals surface area contributed by atoms with Crippen LogP contribution in [0.2, 0.25) is 0 Å². The molecule has 2 aliphatic rings. The molecule has 0 fully saturated rings. The molecule has 3 aromatic heterocycles. The van der Waals surface area contributed by atoms with Crippen molar-refractivity contribution in [2.75, 3.05) is 0 Å². The number of hydrogen-bond donors (Lipinski definition) is 1. The van der Waals surface area contributed by atoms with Gasteiger partial charge >= 0.3 is 0 Å². The summed E-state index contributed by atoms with van der Waals surface area (Å²) in [7, 11) is 0. The maximum absolute atomic E-state index is 14.5. The van der Waals surface area contributed by atoms with Gasteiger partial charge in [-0.15, -0.1) is 22.7 Å². The summed E-state index contributed by atoms with van der Waals surface area (Å²) in [5, 5.41) is 6.93. The summed E-state index contributed by atoms with van der Waals surface area (Å²) in [4.78, 5) is 21.8. The maximum Gasteiger partial charge on any atom is 0.273 e. The number of carbonyl (C=O) groups excluding carboxylic acids is 1. The zero-order valence-electron chi connectivity index (χ0n) is 20.6. The van der Waals surface area contributed by atoms with Crippen molar-refractivity contribution in [3.05, 3.63) is 128 Å². The van der Waals surface area contributed by atoms with Gasteiger partial charge in [-0.05, 0) is 71.5 Å². The van der Waals surface area contributed by atoms with E-state index in [2.05, 4.69) is 46.5 Å². The molecule has 0 unspecified atom stereocenters. The first-order chi connectivity index (χ1) is 18.8. The highest BCUT2D eigenvalue weighted by Gasteiger charge is 2.40. The smallest absolute Gasteiger partial charge is 0.273 e. The van der Waals surface area contributed by atoms with Gasteiger partial charge in [-0.25, -0.2) is 9.99 Å². The molecule has 7 rings (SSSR count). The molecule has 0 spiro atoms. The van der Waals surface area contributed by atoms with E-state index in [0.29, 0.717) is 5.56 Å². The molecule has 1 N–H and O–H groups in total. The lowest BCUT2D eigenvalue weighted by Gasteiger charge is -2.26. The van der Waals surface area contributed by atoms with E-state index in [4.69, 9.17) is 4.98 Å². The van der Waals surface area contributed by atoms with E-state index >= 15 is 0 Å². The molecule has 4 nitrogen and oxygen atoms in total. The van der Waals surface area contributed by atoms with E-state index in [-0.39, 0.29) is 11.9 Å². The molecule has 186 valence electrons. The van der Waals surface area contributed by atoms with E-state index in [0.717, 1.165) is 47.1 Å². The standard InChI is InChI=1S/C32H25N3OS2/c36-32(26-20-28(21-9-2-1-3-10-21)33-27-15-5-4-13-24(26)27)35-31(29-16-8-18-38-29)25-14-6-11-22(30(25)34-35)19-23-12-7-17-37-23/h1-5,7-10,12-13,15-20,31,34H,6,11,14H2/b22-19+/t31-/m0/s1. The van der Waals surface area contributed by atoms with Gasteiger partial charge in [0.15, 0.2) is 0 Å². The van der Waals surface area contributed by atoms with Crippen LogP contribution in [0.5, 0.6) is 0 Å². The minimum Gasteiger partial charge on any atom is -0.295 e. The number of amides is 1. The second kappa shape index (κ2) is 9.71. The van der Waals surface area contributed by atoms with Crippen molar-refractivity contribution in [2.24, 2.45) is 0 Å². The number of para-hydroxylation sites is 1. The van der Waals surface area contributed by atoms with Crippen molar-refractivity contribution in [3.63, 3.8) is 0 Å². The number of fused-ring (bicyclic) bond motifs is 1. The monoisotopic (exact) mass is 531 g/mol. The Kier molecular flexibility index (Phi) is 5.91. The quantitative estimate of drug-likeness (QED) is 0.254. The van der Waals surface area contributed by atoms with Gasteiger partial charge in [0.05, 0.1) is 22.5 Å². The van der Waals surface area contributed by atoms with Crippen molar-refractivity contribution in [1.29, 1.82) is 0 Å². The fourth-order valence-corrected chi connectivity index (χ4v) is 7.06. The Morgan fingerprint density at radius 2 is 1.74 bits per heavy atom. The minimum absolute atomic E-state index is 0.0379. The van der Waals surface area contributed by atoms with Gasteiger partial charge in [0.1, 0.15) is 6.04 Å². The molecule has 38 heavy (non-hydrogen) atoms. The predicted molar refractivity (Wildman–Crippen MR) is 157 cm³/mol. The summed E-state index contributed by atoms with van der Waals surface area (Å²) in [5.41, 5.74) is 10.6. The van der Waals surface area contributed by atoms with Gasteiger partial charge in [0.2, 0.25) is 0 Å². The lowest BCUT2D eigenvalue weighted by atomic mass is 9.88. The van der Waals surface area contributed by atoms with Crippen molar-refractivity contribution in [3.8, 4) is 11.3 Å². The molecular weight excluding hydrogens is 507 g/mol. The number of nitrogens with one attached hydrogen (secondary N) is 1. The molecule has 0 bridgehead atoms. The van der Waals surface area contributed by atoms with E-state index in [1.54, 1.807) is 22.7 Å². The Bertz CT molecular complexity index is 1690. The molecule has 0 saturated heterocycles. The number of pyridine rings is 1. The predicted octanol–water partition coefficient (Wildman–Crippen LogP) is 8.25. The second-order valence-electron chi connectivity index (χ2n) is 9.58. The number of nitrogens with zero attached hydrogens (tertiary/aromatic N) is 2. The molecule has 0 radical (unpaired) electrons.